The van der Waals surface area contributed by atoms with Crippen LogP contribution in [0, 0.1) is 5.92 Å². The van der Waals surface area contributed by atoms with Crippen molar-refractivity contribution < 1.29 is 19.4 Å². The quantitative estimate of drug-likeness (QED) is 0.904. The number of carboxylic acid groups (broad SMARTS) is 1. The Kier molecular flexibility index (Phi) is 4.36. The number of ether oxygens (including phenoxy) is 1. The highest BCUT2D eigenvalue weighted by Crippen LogP contribution is 2.34. The molecule has 2 atom stereocenters. The fraction of sp³-hybridized carbons (Fsp3) is 0.500. The number of carbonyl (C=O) groups excluding carboxylic acids is 1. The number of amides is 1. The molecule has 1 aromatic carbocycles. The molecule has 118 valence electrons. The van der Waals surface area contributed by atoms with E-state index in [1.54, 1.807) is 17.0 Å². The summed E-state index contributed by atoms with van der Waals surface area (Å²) in [5.74, 6) is -0.698. The average molecular weight is 324 g/mol. The number of nitrogens with zero attached hydrogens (tertiary/aromatic N) is 1. The summed E-state index contributed by atoms with van der Waals surface area (Å²) in [6.07, 6.45) is 0.705. The Balaban J connectivity index is 1.80. The number of carboxylic acids is 1. The molecule has 1 amide bonds. The molecular weight excluding hydrogens is 306 g/mol. The van der Waals surface area contributed by atoms with E-state index in [0.717, 1.165) is 18.4 Å². The van der Waals surface area contributed by atoms with Crippen molar-refractivity contribution in [3.05, 3.63) is 34.9 Å². The number of rotatable bonds is 5. The fourth-order valence-corrected chi connectivity index (χ4v) is 2.95. The van der Waals surface area contributed by atoms with E-state index in [0.29, 0.717) is 24.0 Å². The van der Waals surface area contributed by atoms with Gasteiger partial charge in [0.1, 0.15) is 12.2 Å². The SMILES string of the molecule is O=C(O)C[C@H]1OC(c2cccc(Cl)c2)CN(CC2CC2)C1=O. The van der Waals surface area contributed by atoms with Crippen molar-refractivity contribution in [3.8, 4) is 0 Å². The number of carbonyl (C=O) groups is 2. The largest absolute Gasteiger partial charge is 0.481 e. The van der Waals surface area contributed by atoms with Gasteiger partial charge in [0.05, 0.1) is 13.0 Å². The molecule has 6 heteroatoms. The molecule has 1 aliphatic heterocycles. The number of morpholine rings is 1. The van der Waals surface area contributed by atoms with E-state index in [9.17, 15) is 9.59 Å². The van der Waals surface area contributed by atoms with E-state index in [1.165, 1.54) is 0 Å². The van der Waals surface area contributed by atoms with Crippen LogP contribution in [0.3, 0.4) is 0 Å². The number of benzene rings is 1. The summed E-state index contributed by atoms with van der Waals surface area (Å²) in [5.41, 5.74) is 0.871. The highest BCUT2D eigenvalue weighted by molar-refractivity contribution is 6.30. The van der Waals surface area contributed by atoms with E-state index in [2.05, 4.69) is 0 Å². The molecule has 0 spiro atoms. The summed E-state index contributed by atoms with van der Waals surface area (Å²) in [6, 6.07) is 7.29. The maximum Gasteiger partial charge on any atom is 0.306 e. The monoisotopic (exact) mass is 323 g/mol. The maximum absolute atomic E-state index is 12.4. The van der Waals surface area contributed by atoms with Gasteiger partial charge >= 0.3 is 5.97 Å². The molecule has 2 aliphatic rings. The van der Waals surface area contributed by atoms with Crippen molar-refractivity contribution in [2.45, 2.75) is 31.5 Å². The summed E-state index contributed by atoms with van der Waals surface area (Å²) in [6.45, 7) is 1.14. The van der Waals surface area contributed by atoms with Crippen LogP contribution < -0.4 is 0 Å². The van der Waals surface area contributed by atoms with Gasteiger partial charge in [-0.2, -0.15) is 0 Å². The van der Waals surface area contributed by atoms with E-state index < -0.39 is 12.1 Å². The van der Waals surface area contributed by atoms with Crippen molar-refractivity contribution in [1.29, 1.82) is 0 Å². The van der Waals surface area contributed by atoms with Crippen molar-refractivity contribution in [3.63, 3.8) is 0 Å². The third kappa shape index (κ3) is 3.59. The highest BCUT2D eigenvalue weighted by Gasteiger charge is 2.39. The van der Waals surface area contributed by atoms with Crippen LogP contribution in [0.5, 0.6) is 0 Å². The second kappa shape index (κ2) is 6.26. The summed E-state index contributed by atoms with van der Waals surface area (Å²) in [7, 11) is 0. The highest BCUT2D eigenvalue weighted by atomic mass is 35.5. The smallest absolute Gasteiger partial charge is 0.306 e. The molecule has 1 N–H and O–H groups in total. The van der Waals surface area contributed by atoms with Gasteiger partial charge in [0, 0.05) is 11.6 Å². The zero-order valence-corrected chi connectivity index (χ0v) is 12.8. The second-order valence-electron chi connectivity index (χ2n) is 5.95. The average Bonchev–Trinajstić information content (AvgIpc) is 3.26. The molecule has 1 heterocycles. The molecule has 1 saturated heterocycles. The first-order chi connectivity index (χ1) is 10.5. The van der Waals surface area contributed by atoms with Crippen LogP contribution in [0.15, 0.2) is 24.3 Å². The Labute approximate surface area is 133 Å². The van der Waals surface area contributed by atoms with Crippen molar-refractivity contribution >= 4 is 23.5 Å². The zero-order chi connectivity index (χ0) is 15.7. The minimum Gasteiger partial charge on any atom is -0.481 e. The van der Waals surface area contributed by atoms with Crippen LogP contribution in [-0.4, -0.2) is 41.1 Å². The number of aliphatic carboxylic acids is 1. The Bertz CT molecular complexity index is 587. The van der Waals surface area contributed by atoms with E-state index >= 15 is 0 Å². The first-order valence-corrected chi connectivity index (χ1v) is 7.82. The third-order valence-electron chi connectivity index (χ3n) is 4.06. The van der Waals surface area contributed by atoms with Crippen LogP contribution >= 0.6 is 11.6 Å². The minimum atomic E-state index is -1.03. The lowest BCUT2D eigenvalue weighted by atomic mass is 10.0. The first kappa shape index (κ1) is 15.3. The van der Waals surface area contributed by atoms with Crippen molar-refractivity contribution in [1.82, 2.24) is 4.90 Å². The second-order valence-corrected chi connectivity index (χ2v) is 6.39. The van der Waals surface area contributed by atoms with Gasteiger partial charge < -0.3 is 14.7 Å². The maximum atomic E-state index is 12.4. The molecule has 1 aromatic rings. The van der Waals surface area contributed by atoms with Gasteiger partial charge in [0.25, 0.3) is 5.91 Å². The van der Waals surface area contributed by atoms with E-state index in [1.807, 2.05) is 12.1 Å². The topological polar surface area (TPSA) is 66.8 Å². The van der Waals surface area contributed by atoms with Crippen LogP contribution in [0.25, 0.3) is 0 Å². The Morgan fingerprint density at radius 2 is 2.18 bits per heavy atom. The standard InChI is InChI=1S/C16H18ClNO4/c17-12-3-1-2-11(6-12)14-9-18(8-10-4-5-10)16(21)13(22-14)7-15(19)20/h1-3,6,10,13-14H,4-5,7-9H2,(H,19,20)/t13-,14?/m1/s1. The predicted molar refractivity (Wildman–Crippen MR) is 80.6 cm³/mol. The molecule has 1 unspecified atom stereocenters. The summed E-state index contributed by atoms with van der Waals surface area (Å²) >= 11 is 6.01. The Morgan fingerprint density at radius 3 is 2.82 bits per heavy atom. The molecule has 5 nitrogen and oxygen atoms in total. The minimum absolute atomic E-state index is 0.215. The van der Waals surface area contributed by atoms with Gasteiger partial charge in [-0.05, 0) is 36.5 Å². The summed E-state index contributed by atoms with van der Waals surface area (Å²) in [4.78, 5) is 25.1. The zero-order valence-electron chi connectivity index (χ0n) is 12.1. The number of hydrogen-bond acceptors (Lipinski definition) is 3. The molecule has 0 bridgehead atoms. The van der Waals surface area contributed by atoms with Gasteiger partial charge in [0.15, 0.2) is 0 Å². The Morgan fingerprint density at radius 1 is 1.41 bits per heavy atom. The van der Waals surface area contributed by atoms with Crippen molar-refractivity contribution in [2.75, 3.05) is 13.1 Å². The molecule has 0 aromatic heterocycles. The molecule has 1 saturated carbocycles. The predicted octanol–water partition coefficient (Wildman–Crippen LogP) is 2.49. The van der Waals surface area contributed by atoms with Gasteiger partial charge in [0.2, 0.25) is 0 Å². The molecule has 0 radical (unpaired) electrons. The van der Waals surface area contributed by atoms with Crippen LogP contribution in [0.1, 0.15) is 30.9 Å². The van der Waals surface area contributed by atoms with Crippen LogP contribution in [0.2, 0.25) is 5.02 Å². The van der Waals surface area contributed by atoms with E-state index in [4.69, 9.17) is 21.4 Å². The van der Waals surface area contributed by atoms with E-state index in [-0.39, 0.29) is 18.4 Å². The van der Waals surface area contributed by atoms with Gasteiger partial charge in [-0.3, -0.25) is 9.59 Å². The molecule has 22 heavy (non-hydrogen) atoms. The van der Waals surface area contributed by atoms with Gasteiger partial charge in [-0.15, -0.1) is 0 Å². The lowest BCUT2D eigenvalue weighted by Gasteiger charge is -2.37. The van der Waals surface area contributed by atoms with Gasteiger partial charge in [-0.25, -0.2) is 0 Å². The fourth-order valence-electron chi connectivity index (χ4n) is 2.75. The molecular formula is C16H18ClNO4. The van der Waals surface area contributed by atoms with Crippen molar-refractivity contribution in [2.24, 2.45) is 5.92 Å². The molecule has 3 rings (SSSR count). The third-order valence-corrected chi connectivity index (χ3v) is 4.29. The Hall–Kier alpha value is -1.59. The first-order valence-electron chi connectivity index (χ1n) is 7.44. The van der Waals surface area contributed by atoms with Crippen LogP contribution in [0.4, 0.5) is 0 Å². The lowest BCUT2D eigenvalue weighted by molar-refractivity contribution is -0.168. The number of hydrogen-bond donors (Lipinski definition) is 1. The normalized spacial score (nSPS) is 25.3. The molecule has 2 fully saturated rings. The summed E-state index contributed by atoms with van der Waals surface area (Å²) < 4.78 is 5.75. The van der Waals surface area contributed by atoms with Crippen LogP contribution in [-0.2, 0) is 14.3 Å². The van der Waals surface area contributed by atoms with Gasteiger partial charge in [-0.1, -0.05) is 23.7 Å². The molecule has 1 aliphatic carbocycles. The number of halogens is 1. The lowest BCUT2D eigenvalue weighted by Crippen LogP contribution is -2.50. The summed E-state index contributed by atoms with van der Waals surface area (Å²) in [5, 5.41) is 9.59.